The van der Waals surface area contributed by atoms with Crippen molar-refractivity contribution >= 4 is 23.0 Å². The molecule has 2 aromatic rings. The molecule has 0 radical (unpaired) electrons. The summed E-state index contributed by atoms with van der Waals surface area (Å²) in [4.78, 5) is 22.5. The summed E-state index contributed by atoms with van der Waals surface area (Å²) in [7, 11) is 2.99. The van der Waals surface area contributed by atoms with Gasteiger partial charge in [-0.1, -0.05) is 6.07 Å². The second-order valence-corrected chi connectivity index (χ2v) is 5.14. The number of nitrogens with zero attached hydrogens (tertiary/aromatic N) is 2. The van der Waals surface area contributed by atoms with Gasteiger partial charge in [0, 0.05) is 30.1 Å². The second kappa shape index (κ2) is 8.87. The number of nitro groups is 1. The average molecular weight is 368 g/mol. The average Bonchev–Trinajstić information content (AvgIpc) is 2.68. The van der Waals surface area contributed by atoms with Crippen LogP contribution < -0.4 is 20.1 Å². The Morgan fingerprint density at radius 3 is 2.63 bits per heavy atom. The van der Waals surface area contributed by atoms with E-state index in [9.17, 15) is 20.2 Å². The van der Waals surface area contributed by atoms with Crippen molar-refractivity contribution in [3.63, 3.8) is 0 Å². The molecule has 2 N–H and O–H groups in total. The molecule has 1 amide bonds. The number of amides is 1. The Labute approximate surface area is 155 Å². The second-order valence-electron chi connectivity index (χ2n) is 5.14. The molecule has 0 heterocycles. The van der Waals surface area contributed by atoms with E-state index in [-0.39, 0.29) is 16.9 Å². The third-order valence-corrected chi connectivity index (χ3v) is 3.46. The number of anilines is 2. The van der Waals surface area contributed by atoms with Crippen LogP contribution in [0.1, 0.15) is 0 Å². The van der Waals surface area contributed by atoms with Crippen molar-refractivity contribution in [3.8, 4) is 17.6 Å². The standard InChI is InChI=1S/C18H16N4O5/c1-26-15-6-7-17(27-2)16(9-15)20-11-12(10-19)18(23)21-13-4-3-5-14(8-13)22(24)25/h3-9,11,20H,1-2H3,(H,21,23)/b12-11-. The zero-order valence-corrected chi connectivity index (χ0v) is 14.6. The Hall–Kier alpha value is -4.06. The smallest absolute Gasteiger partial charge is 0.271 e. The van der Waals surface area contributed by atoms with Crippen LogP contribution in [0.15, 0.2) is 54.2 Å². The molecule has 0 unspecified atom stereocenters. The van der Waals surface area contributed by atoms with E-state index in [1.807, 2.05) is 0 Å². The van der Waals surface area contributed by atoms with Crippen LogP contribution in [0.25, 0.3) is 0 Å². The fourth-order valence-corrected chi connectivity index (χ4v) is 2.12. The number of ether oxygens (including phenoxy) is 2. The van der Waals surface area contributed by atoms with Crippen LogP contribution in [0.2, 0.25) is 0 Å². The van der Waals surface area contributed by atoms with Crippen molar-refractivity contribution in [3.05, 3.63) is 64.4 Å². The van der Waals surface area contributed by atoms with Crippen molar-refractivity contribution in [1.29, 1.82) is 5.26 Å². The number of non-ortho nitro benzene ring substituents is 1. The first-order valence-electron chi connectivity index (χ1n) is 7.63. The molecule has 138 valence electrons. The zero-order chi connectivity index (χ0) is 19.8. The number of carbonyl (C=O) groups excluding carboxylic acids is 1. The van der Waals surface area contributed by atoms with Crippen molar-refractivity contribution in [2.24, 2.45) is 0 Å². The molecule has 0 aliphatic rings. The Kier molecular flexibility index (Phi) is 6.33. The first-order valence-corrected chi connectivity index (χ1v) is 7.63. The summed E-state index contributed by atoms with van der Waals surface area (Å²) >= 11 is 0. The number of carbonyl (C=O) groups is 1. The van der Waals surface area contributed by atoms with Gasteiger partial charge in [-0.15, -0.1) is 0 Å². The number of nitrogens with one attached hydrogen (secondary N) is 2. The van der Waals surface area contributed by atoms with Crippen molar-refractivity contribution in [2.75, 3.05) is 24.9 Å². The Bertz CT molecular complexity index is 934. The molecule has 0 fully saturated rings. The molecular weight excluding hydrogens is 352 g/mol. The zero-order valence-electron chi connectivity index (χ0n) is 14.6. The number of hydrogen-bond acceptors (Lipinski definition) is 7. The molecule has 0 aliphatic carbocycles. The van der Waals surface area contributed by atoms with E-state index in [0.29, 0.717) is 17.2 Å². The fraction of sp³-hybridized carbons (Fsp3) is 0.111. The van der Waals surface area contributed by atoms with Crippen LogP contribution in [-0.4, -0.2) is 25.1 Å². The number of methoxy groups -OCH3 is 2. The third kappa shape index (κ3) is 4.96. The van der Waals surface area contributed by atoms with E-state index < -0.39 is 10.8 Å². The van der Waals surface area contributed by atoms with Crippen molar-refractivity contribution in [2.45, 2.75) is 0 Å². The molecule has 2 rings (SSSR count). The first kappa shape index (κ1) is 19.3. The SMILES string of the molecule is COc1ccc(OC)c(N/C=C(/C#N)C(=O)Nc2cccc([N+](=O)[O-])c2)c1. The predicted molar refractivity (Wildman–Crippen MR) is 98.6 cm³/mol. The van der Waals surface area contributed by atoms with E-state index in [1.54, 1.807) is 24.3 Å². The molecule has 0 bridgehead atoms. The van der Waals surface area contributed by atoms with Crippen LogP contribution in [0.5, 0.6) is 11.5 Å². The summed E-state index contributed by atoms with van der Waals surface area (Å²) in [6.45, 7) is 0. The maximum Gasteiger partial charge on any atom is 0.271 e. The van der Waals surface area contributed by atoms with Gasteiger partial charge in [0.05, 0.1) is 24.8 Å². The van der Waals surface area contributed by atoms with Gasteiger partial charge in [-0.2, -0.15) is 5.26 Å². The summed E-state index contributed by atoms with van der Waals surface area (Å²) in [5.41, 5.74) is 0.294. The third-order valence-electron chi connectivity index (χ3n) is 3.46. The molecule has 9 heteroatoms. The fourth-order valence-electron chi connectivity index (χ4n) is 2.12. The highest BCUT2D eigenvalue weighted by Gasteiger charge is 2.12. The predicted octanol–water partition coefficient (Wildman–Crippen LogP) is 3.07. The minimum Gasteiger partial charge on any atom is -0.497 e. The van der Waals surface area contributed by atoms with Gasteiger partial charge >= 0.3 is 0 Å². The van der Waals surface area contributed by atoms with Gasteiger partial charge in [-0.3, -0.25) is 14.9 Å². The molecule has 0 saturated carbocycles. The maximum atomic E-state index is 12.3. The van der Waals surface area contributed by atoms with E-state index in [4.69, 9.17) is 9.47 Å². The van der Waals surface area contributed by atoms with Crippen LogP contribution in [0.3, 0.4) is 0 Å². The summed E-state index contributed by atoms with van der Waals surface area (Å²) in [6, 6.07) is 12.2. The molecule has 0 aliphatic heterocycles. The highest BCUT2D eigenvalue weighted by Crippen LogP contribution is 2.29. The van der Waals surface area contributed by atoms with E-state index in [0.717, 1.165) is 0 Å². The summed E-state index contributed by atoms with van der Waals surface area (Å²) in [6.07, 6.45) is 1.21. The lowest BCUT2D eigenvalue weighted by Gasteiger charge is -2.10. The van der Waals surface area contributed by atoms with Gasteiger partial charge in [0.1, 0.15) is 23.1 Å². The van der Waals surface area contributed by atoms with Crippen LogP contribution in [0, 0.1) is 21.4 Å². The molecular formula is C18H16N4O5. The quantitative estimate of drug-likeness (QED) is 0.333. The van der Waals surface area contributed by atoms with Gasteiger partial charge < -0.3 is 20.1 Å². The largest absolute Gasteiger partial charge is 0.497 e. The van der Waals surface area contributed by atoms with Gasteiger partial charge in [-0.05, 0) is 18.2 Å². The van der Waals surface area contributed by atoms with E-state index in [1.165, 1.54) is 44.7 Å². The monoisotopic (exact) mass is 368 g/mol. The summed E-state index contributed by atoms with van der Waals surface area (Å²) < 4.78 is 10.3. The lowest BCUT2D eigenvalue weighted by atomic mass is 10.2. The lowest BCUT2D eigenvalue weighted by Crippen LogP contribution is -2.14. The number of nitro benzene ring substituents is 1. The van der Waals surface area contributed by atoms with Crippen LogP contribution >= 0.6 is 0 Å². The summed E-state index contributed by atoms with van der Waals surface area (Å²) in [5.74, 6) is 0.335. The molecule has 0 saturated heterocycles. The van der Waals surface area contributed by atoms with E-state index >= 15 is 0 Å². The highest BCUT2D eigenvalue weighted by molar-refractivity contribution is 6.06. The van der Waals surface area contributed by atoms with E-state index in [2.05, 4.69) is 10.6 Å². The normalized spacial score (nSPS) is 10.5. The minimum atomic E-state index is -0.715. The number of hydrogen-bond donors (Lipinski definition) is 2. The minimum absolute atomic E-state index is 0.172. The van der Waals surface area contributed by atoms with Crippen molar-refractivity contribution < 1.29 is 19.2 Å². The lowest BCUT2D eigenvalue weighted by molar-refractivity contribution is -0.384. The first-order chi connectivity index (χ1) is 13.0. The van der Waals surface area contributed by atoms with Gasteiger partial charge in [0.25, 0.3) is 11.6 Å². The van der Waals surface area contributed by atoms with Gasteiger partial charge in [-0.25, -0.2) is 0 Å². The maximum absolute atomic E-state index is 12.3. The van der Waals surface area contributed by atoms with Crippen LogP contribution in [0.4, 0.5) is 17.1 Å². The Morgan fingerprint density at radius 1 is 1.22 bits per heavy atom. The van der Waals surface area contributed by atoms with Gasteiger partial charge in [0.2, 0.25) is 0 Å². The molecule has 2 aromatic carbocycles. The molecule has 0 aromatic heterocycles. The van der Waals surface area contributed by atoms with Crippen molar-refractivity contribution in [1.82, 2.24) is 0 Å². The summed E-state index contributed by atoms with van der Waals surface area (Å²) in [5, 5.41) is 25.3. The number of benzene rings is 2. The number of nitriles is 1. The molecule has 0 spiro atoms. The topological polar surface area (TPSA) is 127 Å². The van der Waals surface area contributed by atoms with Crippen LogP contribution in [-0.2, 0) is 4.79 Å². The molecule has 0 atom stereocenters. The Morgan fingerprint density at radius 2 is 2.00 bits per heavy atom. The molecule has 27 heavy (non-hydrogen) atoms. The molecule has 9 nitrogen and oxygen atoms in total. The Balaban J connectivity index is 2.19. The highest BCUT2D eigenvalue weighted by atomic mass is 16.6. The van der Waals surface area contributed by atoms with Gasteiger partial charge in [0.15, 0.2) is 0 Å². The number of rotatable bonds is 7.